The van der Waals surface area contributed by atoms with Gasteiger partial charge in [-0.2, -0.15) is 12.6 Å². The zero-order chi connectivity index (χ0) is 7.68. The van der Waals surface area contributed by atoms with Crippen LogP contribution in [0.2, 0.25) is 0 Å². The van der Waals surface area contributed by atoms with Gasteiger partial charge in [-0.15, -0.1) is 0 Å². The Hall–Kier alpha value is 0.270. The van der Waals surface area contributed by atoms with Crippen molar-refractivity contribution >= 4 is 12.6 Å². The summed E-state index contributed by atoms with van der Waals surface area (Å²) in [5, 5.41) is 7.11. The molecule has 0 aromatic carbocycles. The van der Waals surface area contributed by atoms with E-state index in [-0.39, 0.29) is 0 Å². The summed E-state index contributed by atoms with van der Waals surface area (Å²) in [6.07, 6.45) is 2.58. The molecule has 2 rings (SSSR count). The summed E-state index contributed by atoms with van der Waals surface area (Å²) >= 11 is 4.24. The van der Waals surface area contributed by atoms with Crippen LogP contribution in [0, 0.1) is 5.92 Å². The summed E-state index contributed by atoms with van der Waals surface area (Å²) in [6.45, 7) is 2.38. The molecule has 2 N–H and O–H groups in total. The Labute approximate surface area is 73.5 Å². The smallest absolute Gasteiger partial charge is 0.0237 e. The number of fused-ring (bicyclic) bond motifs is 1. The summed E-state index contributed by atoms with van der Waals surface area (Å²) in [4.78, 5) is 0. The fraction of sp³-hybridized carbons (Fsp3) is 1.00. The third-order valence-electron chi connectivity index (χ3n) is 2.67. The number of nitrogens with one attached hydrogen (secondary N) is 2. The average molecular weight is 172 g/mol. The lowest BCUT2D eigenvalue weighted by atomic mass is 10.1. The minimum Gasteiger partial charge on any atom is -0.312 e. The van der Waals surface area contributed by atoms with Crippen molar-refractivity contribution in [1.29, 1.82) is 0 Å². The first-order valence-electron chi connectivity index (χ1n) is 4.48. The molecule has 1 unspecified atom stereocenters. The minimum absolute atomic E-state index is 0.792. The van der Waals surface area contributed by atoms with Crippen molar-refractivity contribution in [1.82, 2.24) is 10.6 Å². The minimum atomic E-state index is 0.792. The molecule has 1 heterocycles. The molecule has 2 fully saturated rings. The van der Waals surface area contributed by atoms with Crippen LogP contribution in [0.15, 0.2) is 0 Å². The van der Waals surface area contributed by atoms with Gasteiger partial charge in [0.25, 0.3) is 0 Å². The molecule has 3 heteroatoms. The first-order chi connectivity index (χ1) is 5.40. The summed E-state index contributed by atoms with van der Waals surface area (Å²) < 4.78 is 0. The van der Waals surface area contributed by atoms with Gasteiger partial charge in [-0.05, 0) is 37.6 Å². The highest BCUT2D eigenvalue weighted by Crippen LogP contribution is 2.24. The van der Waals surface area contributed by atoms with Crippen molar-refractivity contribution < 1.29 is 0 Å². The molecule has 1 aliphatic heterocycles. The lowest BCUT2D eigenvalue weighted by Crippen LogP contribution is -2.27. The fourth-order valence-corrected chi connectivity index (χ4v) is 2.11. The average Bonchev–Trinajstić information content (AvgIpc) is 2.71. The molecule has 64 valence electrons. The van der Waals surface area contributed by atoms with E-state index in [1.165, 1.54) is 25.9 Å². The Morgan fingerprint density at radius 1 is 1.18 bits per heavy atom. The monoisotopic (exact) mass is 172 g/mol. The first-order valence-corrected chi connectivity index (χ1v) is 5.11. The Morgan fingerprint density at radius 3 is 2.36 bits per heavy atom. The van der Waals surface area contributed by atoms with E-state index in [4.69, 9.17) is 0 Å². The Morgan fingerprint density at radius 2 is 1.82 bits per heavy atom. The third kappa shape index (κ3) is 1.89. The van der Waals surface area contributed by atoms with Crippen molar-refractivity contribution in [3.05, 3.63) is 0 Å². The lowest BCUT2D eigenvalue weighted by Gasteiger charge is -2.13. The Balaban J connectivity index is 1.77. The standard InChI is InChI=1S/C8H16N2S/c11-2-1-6-4-9-7-3-8(7)10-5-6/h6-11H,1-5H2/t6-,7-,8?/m1/s1. The van der Waals surface area contributed by atoms with E-state index >= 15 is 0 Å². The van der Waals surface area contributed by atoms with Gasteiger partial charge in [0.05, 0.1) is 0 Å². The Bertz CT molecular complexity index is 128. The third-order valence-corrected chi connectivity index (χ3v) is 2.92. The number of hydrogen-bond donors (Lipinski definition) is 3. The largest absolute Gasteiger partial charge is 0.312 e. The molecule has 0 amide bonds. The summed E-state index contributed by atoms with van der Waals surface area (Å²) in [7, 11) is 0. The van der Waals surface area contributed by atoms with Crippen molar-refractivity contribution in [3.8, 4) is 0 Å². The molecule has 3 atom stereocenters. The highest BCUT2D eigenvalue weighted by Gasteiger charge is 2.38. The van der Waals surface area contributed by atoms with Crippen LogP contribution in [0.4, 0.5) is 0 Å². The van der Waals surface area contributed by atoms with E-state index in [1.807, 2.05) is 0 Å². The van der Waals surface area contributed by atoms with E-state index in [1.54, 1.807) is 0 Å². The van der Waals surface area contributed by atoms with Crippen LogP contribution < -0.4 is 10.6 Å². The number of hydrogen-bond acceptors (Lipinski definition) is 3. The topological polar surface area (TPSA) is 24.1 Å². The van der Waals surface area contributed by atoms with E-state index in [9.17, 15) is 0 Å². The van der Waals surface area contributed by atoms with E-state index in [2.05, 4.69) is 23.3 Å². The van der Waals surface area contributed by atoms with Crippen LogP contribution in [-0.4, -0.2) is 30.9 Å². The predicted molar refractivity (Wildman–Crippen MR) is 50.2 cm³/mol. The fourth-order valence-electron chi connectivity index (χ4n) is 1.74. The summed E-state index contributed by atoms with van der Waals surface area (Å²) in [5.74, 6) is 1.82. The van der Waals surface area contributed by atoms with Crippen LogP contribution in [-0.2, 0) is 0 Å². The van der Waals surface area contributed by atoms with Gasteiger partial charge in [0.15, 0.2) is 0 Å². The van der Waals surface area contributed by atoms with E-state index in [0.29, 0.717) is 0 Å². The molecular weight excluding hydrogens is 156 g/mol. The molecule has 2 aliphatic rings. The maximum absolute atomic E-state index is 4.24. The normalized spacial score (nSPS) is 42.8. The second kappa shape index (κ2) is 3.33. The summed E-state index contributed by atoms with van der Waals surface area (Å²) in [6, 6.07) is 1.58. The number of thiol groups is 1. The van der Waals surface area contributed by atoms with Crippen molar-refractivity contribution in [2.24, 2.45) is 5.92 Å². The quantitative estimate of drug-likeness (QED) is 0.520. The van der Waals surface area contributed by atoms with Gasteiger partial charge in [-0.25, -0.2) is 0 Å². The molecule has 0 radical (unpaired) electrons. The van der Waals surface area contributed by atoms with Crippen molar-refractivity contribution in [3.63, 3.8) is 0 Å². The van der Waals surface area contributed by atoms with Crippen LogP contribution >= 0.6 is 12.6 Å². The lowest BCUT2D eigenvalue weighted by molar-refractivity contribution is 0.466. The highest BCUT2D eigenvalue weighted by molar-refractivity contribution is 7.80. The molecule has 0 aromatic rings. The molecule has 1 saturated carbocycles. The van der Waals surface area contributed by atoms with Gasteiger partial charge in [0.2, 0.25) is 0 Å². The van der Waals surface area contributed by atoms with Gasteiger partial charge in [-0.1, -0.05) is 0 Å². The molecule has 0 bridgehead atoms. The maximum Gasteiger partial charge on any atom is 0.0237 e. The zero-order valence-electron chi connectivity index (χ0n) is 6.71. The van der Waals surface area contributed by atoms with Gasteiger partial charge >= 0.3 is 0 Å². The van der Waals surface area contributed by atoms with Crippen LogP contribution in [0.3, 0.4) is 0 Å². The molecule has 2 nitrogen and oxygen atoms in total. The molecule has 1 aliphatic carbocycles. The van der Waals surface area contributed by atoms with Gasteiger partial charge < -0.3 is 10.6 Å². The molecule has 0 aromatic heterocycles. The highest BCUT2D eigenvalue weighted by atomic mass is 32.1. The van der Waals surface area contributed by atoms with Gasteiger partial charge in [0.1, 0.15) is 0 Å². The Kier molecular flexibility index (Phi) is 2.39. The number of rotatable bonds is 2. The summed E-state index contributed by atoms with van der Waals surface area (Å²) in [5.41, 5.74) is 0. The molecule has 0 spiro atoms. The van der Waals surface area contributed by atoms with Crippen LogP contribution in [0.1, 0.15) is 12.8 Å². The second-order valence-electron chi connectivity index (χ2n) is 3.64. The molecular formula is C8H16N2S. The molecule has 1 saturated heterocycles. The van der Waals surface area contributed by atoms with Crippen LogP contribution in [0.5, 0.6) is 0 Å². The van der Waals surface area contributed by atoms with Crippen LogP contribution in [0.25, 0.3) is 0 Å². The maximum atomic E-state index is 4.24. The molecule has 11 heavy (non-hydrogen) atoms. The SMILES string of the molecule is SCC[C@H]1CNC2C[C@H]2NC1. The van der Waals surface area contributed by atoms with Gasteiger partial charge in [0, 0.05) is 12.1 Å². The zero-order valence-corrected chi connectivity index (χ0v) is 7.61. The van der Waals surface area contributed by atoms with E-state index in [0.717, 1.165) is 23.8 Å². The second-order valence-corrected chi connectivity index (χ2v) is 4.09. The first kappa shape index (κ1) is 7.90. The predicted octanol–water partition coefficient (Wildman–Crippen LogP) is 0.256. The van der Waals surface area contributed by atoms with Crippen molar-refractivity contribution in [2.75, 3.05) is 18.8 Å². The van der Waals surface area contributed by atoms with Crippen molar-refractivity contribution in [2.45, 2.75) is 24.9 Å². The van der Waals surface area contributed by atoms with E-state index < -0.39 is 0 Å². The van der Waals surface area contributed by atoms with Gasteiger partial charge in [-0.3, -0.25) is 0 Å².